The second-order valence-electron chi connectivity index (χ2n) is 4.11. The Morgan fingerprint density at radius 1 is 1.53 bits per heavy atom. The molecule has 1 atom stereocenters. The summed E-state index contributed by atoms with van der Waals surface area (Å²) in [5.41, 5.74) is 0.648. The van der Waals surface area contributed by atoms with Crippen LogP contribution >= 0.6 is 27.5 Å². The lowest BCUT2D eigenvalue weighted by atomic mass is 9.90. The molecule has 1 nitrogen and oxygen atoms in total. The monoisotopic (exact) mass is 291 g/mol. The van der Waals surface area contributed by atoms with E-state index in [1.54, 1.807) is 0 Å². The van der Waals surface area contributed by atoms with Gasteiger partial charge in [-0.05, 0) is 44.0 Å². The van der Waals surface area contributed by atoms with Crippen LogP contribution in [-0.2, 0) is 5.54 Å². The molecule has 0 bridgehead atoms. The summed E-state index contributed by atoms with van der Waals surface area (Å²) in [5, 5.41) is 3.60. The Morgan fingerprint density at radius 2 is 2.27 bits per heavy atom. The fraction of sp³-hybridized carbons (Fsp3) is 0.455. The molecule has 1 fully saturated rings. The van der Waals surface area contributed by atoms with Crippen LogP contribution in [0.25, 0.3) is 0 Å². The minimum absolute atomic E-state index is 0.193. The molecule has 1 aromatic carbocycles. The second kappa shape index (κ2) is 4.04. The lowest BCUT2D eigenvalue weighted by molar-refractivity contribution is 0.431. The summed E-state index contributed by atoms with van der Waals surface area (Å²) in [7, 11) is 0. The van der Waals surface area contributed by atoms with Gasteiger partial charge in [-0.2, -0.15) is 0 Å². The van der Waals surface area contributed by atoms with Crippen LogP contribution in [0.1, 0.15) is 25.3 Å². The summed E-state index contributed by atoms with van der Waals surface area (Å²) in [6, 6.07) is 3.29. The molecule has 0 spiro atoms. The van der Waals surface area contributed by atoms with Crippen LogP contribution in [-0.4, -0.2) is 6.54 Å². The summed E-state index contributed by atoms with van der Waals surface area (Å²) < 4.78 is 14.2. The molecule has 0 amide bonds. The minimum atomic E-state index is -0.365. The van der Waals surface area contributed by atoms with Crippen LogP contribution in [0.2, 0.25) is 5.02 Å². The second-order valence-corrected chi connectivity index (χ2v) is 5.41. The Labute approximate surface area is 102 Å². The lowest BCUT2D eigenvalue weighted by Crippen LogP contribution is -2.33. The quantitative estimate of drug-likeness (QED) is 0.776. The number of halogens is 3. The third-order valence-electron chi connectivity index (χ3n) is 2.96. The molecule has 4 heteroatoms. The minimum Gasteiger partial charge on any atom is -0.308 e. The van der Waals surface area contributed by atoms with E-state index in [-0.39, 0.29) is 16.4 Å². The van der Waals surface area contributed by atoms with Crippen molar-refractivity contribution in [2.24, 2.45) is 0 Å². The zero-order valence-corrected chi connectivity index (χ0v) is 10.8. The van der Waals surface area contributed by atoms with Crippen molar-refractivity contribution in [2.75, 3.05) is 6.54 Å². The topological polar surface area (TPSA) is 12.0 Å². The van der Waals surface area contributed by atoms with Gasteiger partial charge in [0.15, 0.2) is 0 Å². The molecular weight excluding hydrogens is 280 g/mol. The molecule has 0 aromatic heterocycles. The zero-order chi connectivity index (χ0) is 11.1. The van der Waals surface area contributed by atoms with Gasteiger partial charge in [0.2, 0.25) is 0 Å². The maximum atomic E-state index is 13.5. The molecule has 1 aromatic rings. The van der Waals surface area contributed by atoms with E-state index in [0.29, 0.717) is 0 Å². The van der Waals surface area contributed by atoms with Crippen molar-refractivity contribution in [3.8, 4) is 0 Å². The lowest BCUT2D eigenvalue weighted by Gasteiger charge is -2.26. The molecule has 1 heterocycles. The van der Waals surface area contributed by atoms with E-state index in [2.05, 4.69) is 28.2 Å². The number of hydrogen-bond acceptors (Lipinski definition) is 1. The molecule has 1 saturated heterocycles. The number of hydrogen-bond donors (Lipinski definition) is 1. The summed E-state index contributed by atoms with van der Waals surface area (Å²) in [6.07, 6.45) is 2.09. The van der Waals surface area contributed by atoms with E-state index in [0.717, 1.165) is 29.4 Å². The van der Waals surface area contributed by atoms with Gasteiger partial charge in [0.1, 0.15) is 5.82 Å². The van der Waals surface area contributed by atoms with Gasteiger partial charge in [0.25, 0.3) is 0 Å². The van der Waals surface area contributed by atoms with Crippen molar-refractivity contribution in [2.45, 2.75) is 25.3 Å². The molecule has 1 aliphatic heterocycles. The van der Waals surface area contributed by atoms with Crippen LogP contribution in [0.5, 0.6) is 0 Å². The Balaban J connectivity index is 2.51. The van der Waals surface area contributed by atoms with Crippen molar-refractivity contribution in [3.63, 3.8) is 0 Å². The first-order valence-corrected chi connectivity index (χ1v) is 6.10. The predicted molar refractivity (Wildman–Crippen MR) is 63.7 cm³/mol. The average molecular weight is 293 g/mol. The smallest absolute Gasteiger partial charge is 0.143 e. The van der Waals surface area contributed by atoms with E-state index >= 15 is 0 Å². The molecule has 1 unspecified atom stereocenters. The van der Waals surface area contributed by atoms with Crippen LogP contribution in [0.3, 0.4) is 0 Å². The highest BCUT2D eigenvalue weighted by molar-refractivity contribution is 9.10. The van der Waals surface area contributed by atoms with Gasteiger partial charge in [-0.3, -0.25) is 0 Å². The first kappa shape index (κ1) is 11.4. The van der Waals surface area contributed by atoms with E-state index in [1.807, 2.05) is 6.07 Å². The summed E-state index contributed by atoms with van der Waals surface area (Å²) in [5.74, 6) is -0.365. The van der Waals surface area contributed by atoms with E-state index in [9.17, 15) is 4.39 Å². The van der Waals surface area contributed by atoms with Crippen LogP contribution in [0.4, 0.5) is 4.39 Å². The van der Waals surface area contributed by atoms with Crippen molar-refractivity contribution in [3.05, 3.63) is 33.0 Å². The van der Waals surface area contributed by atoms with Gasteiger partial charge in [0, 0.05) is 10.0 Å². The molecular formula is C11H12BrClFN. The molecule has 0 radical (unpaired) electrons. The number of benzene rings is 1. The molecule has 1 N–H and O–H groups in total. The average Bonchev–Trinajstić information content (AvgIpc) is 2.59. The maximum absolute atomic E-state index is 13.5. The third-order valence-corrected chi connectivity index (χ3v) is 3.80. The van der Waals surface area contributed by atoms with Gasteiger partial charge in [-0.1, -0.05) is 27.5 Å². The number of nitrogens with one attached hydrogen (secondary N) is 1. The summed E-state index contributed by atoms with van der Waals surface area (Å²) >= 11 is 9.29. The molecule has 0 saturated carbocycles. The zero-order valence-electron chi connectivity index (χ0n) is 8.41. The predicted octanol–water partition coefficient (Wildman–Crippen LogP) is 3.84. The highest BCUT2D eigenvalue weighted by Gasteiger charge is 2.32. The normalized spacial score (nSPS) is 25.9. The molecule has 82 valence electrons. The van der Waals surface area contributed by atoms with Crippen LogP contribution < -0.4 is 5.32 Å². The van der Waals surface area contributed by atoms with Gasteiger partial charge in [-0.15, -0.1) is 0 Å². The standard InChI is InChI=1S/C11H12BrClFN/c1-11(3-2-4-15-11)8-5-7(12)6-9(14)10(8)13/h5-6,15H,2-4H2,1H3. The Morgan fingerprint density at radius 3 is 2.87 bits per heavy atom. The Kier molecular flexibility index (Phi) is 3.06. The Hall–Kier alpha value is -0.120. The maximum Gasteiger partial charge on any atom is 0.143 e. The largest absolute Gasteiger partial charge is 0.308 e. The van der Waals surface area contributed by atoms with Gasteiger partial charge >= 0.3 is 0 Å². The fourth-order valence-corrected chi connectivity index (χ4v) is 2.83. The van der Waals surface area contributed by atoms with Crippen molar-refractivity contribution in [1.82, 2.24) is 5.32 Å². The fourth-order valence-electron chi connectivity index (χ4n) is 2.08. The highest BCUT2D eigenvalue weighted by Crippen LogP contribution is 2.37. The molecule has 15 heavy (non-hydrogen) atoms. The van der Waals surface area contributed by atoms with Crippen molar-refractivity contribution in [1.29, 1.82) is 0 Å². The molecule has 0 aliphatic carbocycles. The van der Waals surface area contributed by atoms with E-state index < -0.39 is 0 Å². The SMILES string of the molecule is CC1(c2cc(Br)cc(F)c2Cl)CCCN1. The van der Waals surface area contributed by atoms with Crippen LogP contribution in [0.15, 0.2) is 16.6 Å². The van der Waals surface area contributed by atoms with Crippen molar-refractivity contribution >= 4 is 27.5 Å². The third kappa shape index (κ3) is 2.05. The van der Waals surface area contributed by atoms with Gasteiger partial charge in [0.05, 0.1) is 5.02 Å². The van der Waals surface area contributed by atoms with E-state index in [1.165, 1.54) is 6.07 Å². The summed E-state index contributed by atoms with van der Waals surface area (Å²) in [6.45, 7) is 3.02. The van der Waals surface area contributed by atoms with Gasteiger partial charge < -0.3 is 5.32 Å². The van der Waals surface area contributed by atoms with Crippen molar-refractivity contribution < 1.29 is 4.39 Å². The number of rotatable bonds is 1. The first-order chi connectivity index (χ1) is 7.03. The Bertz CT molecular complexity index is 388. The highest BCUT2D eigenvalue weighted by atomic mass is 79.9. The van der Waals surface area contributed by atoms with E-state index in [4.69, 9.17) is 11.6 Å². The molecule has 2 rings (SSSR count). The first-order valence-electron chi connectivity index (χ1n) is 4.93. The van der Waals surface area contributed by atoms with Crippen LogP contribution in [0, 0.1) is 5.82 Å². The molecule has 1 aliphatic rings. The van der Waals surface area contributed by atoms with Gasteiger partial charge in [-0.25, -0.2) is 4.39 Å². The summed E-state index contributed by atoms with van der Waals surface area (Å²) in [4.78, 5) is 0.